The number of alkyl halides is 3. The largest absolute Gasteiger partial charge is 0.433 e. The van der Waals surface area contributed by atoms with Crippen LogP contribution in [-0.4, -0.2) is 27.5 Å². The van der Waals surface area contributed by atoms with Crippen molar-refractivity contribution >= 4 is 10.9 Å². The highest BCUT2D eigenvalue weighted by atomic mass is 19.4. The number of pyridine rings is 2. The molecular weight excluding hydrogens is 398 g/mol. The van der Waals surface area contributed by atoms with E-state index in [-0.39, 0.29) is 22.3 Å². The molecule has 1 aromatic carbocycles. The van der Waals surface area contributed by atoms with Gasteiger partial charge in [-0.2, -0.15) is 13.2 Å². The summed E-state index contributed by atoms with van der Waals surface area (Å²) in [5.41, 5.74) is -0.199. The first kappa shape index (κ1) is 20.5. The maximum Gasteiger partial charge on any atom is 0.433 e. The molecule has 4 rings (SSSR count). The Bertz CT molecular complexity index is 1080. The zero-order valence-electron chi connectivity index (χ0n) is 16.2. The fourth-order valence-corrected chi connectivity index (χ4v) is 3.92. The van der Waals surface area contributed by atoms with Gasteiger partial charge in [0.2, 0.25) is 0 Å². The normalized spacial score (nSPS) is 16.3. The Morgan fingerprint density at radius 1 is 1.00 bits per heavy atom. The Hall–Kier alpha value is -2.74. The second-order valence-corrected chi connectivity index (χ2v) is 7.75. The third-order valence-corrected chi connectivity index (χ3v) is 5.60. The summed E-state index contributed by atoms with van der Waals surface area (Å²) >= 11 is 0. The molecule has 0 amide bonds. The molecule has 3 heterocycles. The molecule has 1 fully saturated rings. The van der Waals surface area contributed by atoms with Gasteiger partial charge in [0.15, 0.2) is 0 Å². The van der Waals surface area contributed by atoms with Crippen molar-refractivity contribution in [3.63, 3.8) is 0 Å². The minimum atomic E-state index is -4.54. The second-order valence-electron chi connectivity index (χ2n) is 7.75. The van der Waals surface area contributed by atoms with Crippen LogP contribution in [0.5, 0.6) is 0 Å². The number of nitrogens with zero attached hydrogens (tertiary/aromatic N) is 3. The van der Waals surface area contributed by atoms with E-state index in [4.69, 9.17) is 0 Å². The number of aromatic nitrogens is 2. The molecule has 1 aliphatic heterocycles. The van der Waals surface area contributed by atoms with Gasteiger partial charge in [-0.15, -0.1) is 0 Å². The first-order valence-electron chi connectivity index (χ1n) is 9.84. The zero-order valence-corrected chi connectivity index (χ0v) is 16.2. The molecule has 0 saturated carbocycles. The summed E-state index contributed by atoms with van der Waals surface area (Å²) in [6.45, 7) is 3.04. The van der Waals surface area contributed by atoms with Crippen LogP contribution in [0.2, 0.25) is 0 Å². The highest BCUT2D eigenvalue weighted by molar-refractivity contribution is 5.77. The van der Waals surface area contributed by atoms with Gasteiger partial charge in [-0.1, -0.05) is 12.1 Å². The standard InChI is InChI=1S/C22H21F4N3O/c23-17-3-1-15(2-4-17)13-28-10-7-16(8-11-28)14-29-12-9-19-18(21(29)30)5-6-20(27-19)22(24,25)26/h1-6,9,12,16H,7-8,10-11,13-14H2. The lowest BCUT2D eigenvalue weighted by molar-refractivity contribution is -0.140. The summed E-state index contributed by atoms with van der Waals surface area (Å²) in [5, 5.41) is 0.194. The summed E-state index contributed by atoms with van der Waals surface area (Å²) in [4.78, 5) is 18.6. The quantitative estimate of drug-likeness (QED) is 0.586. The van der Waals surface area contributed by atoms with Gasteiger partial charge in [-0.05, 0) is 67.7 Å². The summed E-state index contributed by atoms with van der Waals surface area (Å²) < 4.78 is 53.1. The van der Waals surface area contributed by atoms with Crippen LogP contribution in [0.4, 0.5) is 17.6 Å². The van der Waals surface area contributed by atoms with Crippen molar-refractivity contribution in [2.75, 3.05) is 13.1 Å². The highest BCUT2D eigenvalue weighted by Gasteiger charge is 2.32. The molecule has 3 aromatic rings. The Morgan fingerprint density at radius 2 is 1.70 bits per heavy atom. The second kappa shape index (κ2) is 8.18. The average molecular weight is 419 g/mol. The van der Waals surface area contributed by atoms with Crippen LogP contribution in [0.15, 0.2) is 53.5 Å². The van der Waals surface area contributed by atoms with E-state index in [1.165, 1.54) is 30.5 Å². The van der Waals surface area contributed by atoms with Gasteiger partial charge in [-0.25, -0.2) is 9.37 Å². The number of halogens is 4. The number of benzene rings is 1. The fourth-order valence-electron chi connectivity index (χ4n) is 3.92. The van der Waals surface area contributed by atoms with Gasteiger partial charge >= 0.3 is 6.18 Å². The highest BCUT2D eigenvalue weighted by Crippen LogP contribution is 2.28. The minimum Gasteiger partial charge on any atom is -0.315 e. The predicted molar refractivity (Wildman–Crippen MR) is 105 cm³/mol. The summed E-state index contributed by atoms with van der Waals surface area (Å²) in [6, 6.07) is 10.0. The minimum absolute atomic E-state index is 0.0557. The Kier molecular flexibility index (Phi) is 5.60. The topological polar surface area (TPSA) is 38.1 Å². The molecule has 2 aromatic heterocycles. The third-order valence-electron chi connectivity index (χ3n) is 5.60. The van der Waals surface area contributed by atoms with Crippen LogP contribution in [0, 0.1) is 11.7 Å². The van der Waals surface area contributed by atoms with E-state index in [0.29, 0.717) is 12.5 Å². The molecule has 0 spiro atoms. The van der Waals surface area contributed by atoms with Gasteiger partial charge in [0.25, 0.3) is 5.56 Å². The van der Waals surface area contributed by atoms with Crippen molar-refractivity contribution in [3.05, 3.63) is 76.1 Å². The average Bonchev–Trinajstić information content (AvgIpc) is 2.72. The molecule has 0 unspecified atom stereocenters. The Morgan fingerprint density at radius 3 is 2.37 bits per heavy atom. The summed E-state index contributed by atoms with van der Waals surface area (Å²) in [7, 11) is 0. The molecule has 8 heteroatoms. The molecule has 158 valence electrons. The van der Waals surface area contributed by atoms with E-state index in [1.54, 1.807) is 16.7 Å². The molecule has 0 N–H and O–H groups in total. The Balaban J connectivity index is 1.40. The monoisotopic (exact) mass is 419 g/mol. The van der Waals surface area contributed by atoms with E-state index < -0.39 is 11.9 Å². The van der Waals surface area contributed by atoms with E-state index in [9.17, 15) is 22.4 Å². The van der Waals surface area contributed by atoms with Crippen molar-refractivity contribution in [2.45, 2.75) is 32.1 Å². The molecule has 0 bridgehead atoms. The molecular formula is C22H21F4N3O. The summed E-state index contributed by atoms with van der Waals surface area (Å²) in [6.07, 6.45) is -1.18. The number of likely N-dealkylation sites (tertiary alicyclic amines) is 1. The lowest BCUT2D eigenvalue weighted by atomic mass is 9.96. The first-order valence-corrected chi connectivity index (χ1v) is 9.84. The lowest BCUT2D eigenvalue weighted by Crippen LogP contribution is -2.36. The van der Waals surface area contributed by atoms with Crippen LogP contribution < -0.4 is 5.56 Å². The van der Waals surface area contributed by atoms with Crippen LogP contribution in [0.25, 0.3) is 10.9 Å². The Labute approximate surface area is 170 Å². The number of fused-ring (bicyclic) bond motifs is 1. The number of rotatable bonds is 4. The van der Waals surface area contributed by atoms with Crippen LogP contribution in [0.3, 0.4) is 0 Å². The lowest BCUT2D eigenvalue weighted by Gasteiger charge is -2.32. The van der Waals surface area contributed by atoms with Crippen molar-refractivity contribution in [1.29, 1.82) is 0 Å². The molecule has 1 aliphatic rings. The van der Waals surface area contributed by atoms with Crippen molar-refractivity contribution in [2.24, 2.45) is 5.92 Å². The number of hydrogen-bond acceptors (Lipinski definition) is 3. The van der Waals surface area contributed by atoms with E-state index in [0.717, 1.165) is 44.1 Å². The number of hydrogen-bond donors (Lipinski definition) is 0. The molecule has 1 saturated heterocycles. The number of piperidine rings is 1. The van der Waals surface area contributed by atoms with Gasteiger partial charge in [0.1, 0.15) is 11.5 Å². The van der Waals surface area contributed by atoms with Crippen molar-refractivity contribution in [3.8, 4) is 0 Å². The van der Waals surface area contributed by atoms with Crippen LogP contribution >= 0.6 is 0 Å². The van der Waals surface area contributed by atoms with Gasteiger partial charge in [0, 0.05) is 19.3 Å². The van der Waals surface area contributed by atoms with Crippen molar-refractivity contribution in [1.82, 2.24) is 14.5 Å². The zero-order chi connectivity index (χ0) is 21.3. The van der Waals surface area contributed by atoms with E-state index in [1.807, 2.05) is 0 Å². The van der Waals surface area contributed by atoms with E-state index >= 15 is 0 Å². The van der Waals surface area contributed by atoms with Crippen LogP contribution in [0.1, 0.15) is 24.1 Å². The molecule has 4 nitrogen and oxygen atoms in total. The van der Waals surface area contributed by atoms with E-state index in [2.05, 4.69) is 9.88 Å². The van der Waals surface area contributed by atoms with Gasteiger partial charge in [0.05, 0.1) is 10.9 Å². The molecule has 30 heavy (non-hydrogen) atoms. The van der Waals surface area contributed by atoms with Gasteiger partial charge in [-0.3, -0.25) is 9.69 Å². The smallest absolute Gasteiger partial charge is 0.315 e. The van der Waals surface area contributed by atoms with Crippen molar-refractivity contribution < 1.29 is 17.6 Å². The van der Waals surface area contributed by atoms with Gasteiger partial charge < -0.3 is 4.57 Å². The first-order chi connectivity index (χ1) is 14.3. The van der Waals surface area contributed by atoms with Crippen LogP contribution in [-0.2, 0) is 19.3 Å². The third kappa shape index (κ3) is 4.53. The SMILES string of the molecule is O=c1c2ccc(C(F)(F)F)nc2ccn1CC1CCN(Cc2ccc(F)cc2)CC1. The molecule has 0 aliphatic carbocycles. The maximum absolute atomic E-state index is 13.0. The fraction of sp³-hybridized carbons (Fsp3) is 0.364. The maximum atomic E-state index is 13.0. The summed E-state index contributed by atoms with van der Waals surface area (Å²) in [5.74, 6) is 0.0649. The predicted octanol–water partition coefficient (Wildman–Crippen LogP) is 4.47. The molecule has 0 atom stereocenters. The molecule has 0 radical (unpaired) electrons.